The van der Waals surface area contributed by atoms with Crippen molar-refractivity contribution in [3.8, 4) is 0 Å². The van der Waals surface area contributed by atoms with Crippen LogP contribution in [-0.2, 0) is 19.1 Å². The minimum absolute atomic E-state index is 0. The van der Waals surface area contributed by atoms with Crippen molar-refractivity contribution in [1.29, 1.82) is 0 Å². The maximum Gasteiger partial charge on any atom is 1.00 e. The Morgan fingerprint density at radius 3 is 1.89 bits per heavy atom. The minimum Gasteiger partial charge on any atom is -0.549 e. The van der Waals surface area contributed by atoms with E-state index in [1.54, 1.807) is 0 Å². The second kappa shape index (κ2) is 31.3. The molecule has 0 rings (SSSR count). The van der Waals surface area contributed by atoms with E-state index in [1.807, 2.05) is 0 Å². The summed E-state index contributed by atoms with van der Waals surface area (Å²) in [6.45, 7) is 2.33. The van der Waals surface area contributed by atoms with Gasteiger partial charge in [-0.3, -0.25) is 9.69 Å². The molecule has 0 aromatic carbocycles. The number of allylic oxidation sites excluding steroid dienone is 2. The fourth-order valence-corrected chi connectivity index (χ4v) is 3.60. The van der Waals surface area contributed by atoms with Crippen LogP contribution < -0.4 is 74.6 Å². The maximum atomic E-state index is 12.0. The summed E-state index contributed by atoms with van der Waals surface area (Å²) in [4.78, 5) is 34.6. The van der Waals surface area contributed by atoms with Gasteiger partial charge >= 0.3 is 59.1 Å². The minimum atomic E-state index is -1.32. The quantitative estimate of drug-likeness (QED) is 0.0728. The van der Waals surface area contributed by atoms with Crippen molar-refractivity contribution in [2.45, 2.75) is 96.8 Å². The van der Waals surface area contributed by atoms with Crippen LogP contribution in [-0.4, -0.2) is 62.1 Å². The molecule has 0 saturated carbocycles. The summed E-state index contributed by atoms with van der Waals surface area (Å²) in [6, 6.07) is 0. The third-order valence-electron chi connectivity index (χ3n) is 5.54. The number of carbonyl (C=O) groups is 3. The summed E-state index contributed by atoms with van der Waals surface area (Å²) in [5.74, 6) is -2.60. The molecule has 0 aromatic rings. The first-order valence-corrected chi connectivity index (χ1v) is 13.1. The molecule has 0 aliphatic heterocycles. The fourth-order valence-electron chi connectivity index (χ4n) is 3.60. The predicted octanol–water partition coefficient (Wildman–Crippen LogP) is -4.03. The van der Waals surface area contributed by atoms with Gasteiger partial charge in [0, 0.05) is 32.6 Å². The summed E-state index contributed by atoms with van der Waals surface area (Å²) < 4.78 is 4.86. The van der Waals surface area contributed by atoms with E-state index in [1.165, 1.54) is 62.7 Å². The van der Waals surface area contributed by atoms with Crippen LogP contribution in [0.1, 0.15) is 96.8 Å². The van der Waals surface area contributed by atoms with Crippen LogP contribution in [0.15, 0.2) is 12.2 Å². The normalized spacial score (nSPS) is 10.7. The molecular formula is C26H46N2Na2O6. The maximum absolute atomic E-state index is 12.0. The van der Waals surface area contributed by atoms with Gasteiger partial charge in [0.05, 0.1) is 25.2 Å². The number of unbranched alkanes of at least 4 members (excludes halogenated alkanes) is 11. The number of nitrogens with one attached hydrogen (secondary N) is 1. The molecule has 0 fully saturated rings. The molecule has 198 valence electrons. The SMILES string of the molecule is CCCCCCCC/C=C\CCCCCCCC(=O)NCCN(CCOCC(=O)[O-])CC(=O)[O-].[Na+].[Na+]. The van der Waals surface area contributed by atoms with E-state index in [0.717, 1.165) is 25.7 Å². The summed E-state index contributed by atoms with van der Waals surface area (Å²) >= 11 is 0. The number of aliphatic carboxylic acids is 2. The van der Waals surface area contributed by atoms with Crippen molar-refractivity contribution in [2.75, 3.05) is 39.4 Å². The summed E-state index contributed by atoms with van der Waals surface area (Å²) in [7, 11) is 0. The summed E-state index contributed by atoms with van der Waals surface area (Å²) in [6.07, 6.45) is 20.8. The molecule has 0 unspecified atom stereocenters. The average Bonchev–Trinajstić information content (AvgIpc) is 2.78. The van der Waals surface area contributed by atoms with E-state index in [0.29, 0.717) is 19.5 Å². The second-order valence-electron chi connectivity index (χ2n) is 8.76. The first-order chi connectivity index (χ1) is 16.5. The van der Waals surface area contributed by atoms with Crippen LogP contribution in [0.2, 0.25) is 0 Å². The summed E-state index contributed by atoms with van der Waals surface area (Å²) in [5.41, 5.74) is 0. The predicted molar refractivity (Wildman–Crippen MR) is 130 cm³/mol. The zero-order valence-electron chi connectivity index (χ0n) is 23.2. The molecule has 1 N–H and O–H groups in total. The Hall–Kier alpha value is 0.0700. The molecule has 0 heterocycles. The number of ether oxygens (including phenoxy) is 1. The molecular weight excluding hydrogens is 482 g/mol. The summed E-state index contributed by atoms with van der Waals surface area (Å²) in [5, 5.41) is 23.9. The first kappa shape index (κ1) is 40.6. The number of carboxylic acids is 2. The first-order valence-electron chi connectivity index (χ1n) is 13.1. The van der Waals surface area contributed by atoms with Gasteiger partial charge in [-0.05, 0) is 32.1 Å². The van der Waals surface area contributed by atoms with Gasteiger partial charge in [-0.2, -0.15) is 0 Å². The Morgan fingerprint density at radius 1 is 0.778 bits per heavy atom. The van der Waals surface area contributed by atoms with Crippen LogP contribution in [0.3, 0.4) is 0 Å². The molecule has 1 amide bonds. The molecule has 36 heavy (non-hydrogen) atoms. The fraction of sp³-hybridized carbons (Fsp3) is 0.808. The topological polar surface area (TPSA) is 122 Å². The number of amides is 1. The molecule has 0 saturated heterocycles. The Morgan fingerprint density at radius 2 is 1.33 bits per heavy atom. The molecule has 0 aromatic heterocycles. The van der Waals surface area contributed by atoms with Crippen molar-refractivity contribution in [2.24, 2.45) is 0 Å². The van der Waals surface area contributed by atoms with E-state index < -0.39 is 18.5 Å². The number of nitrogens with zero attached hydrogens (tertiary/aromatic N) is 1. The van der Waals surface area contributed by atoms with E-state index >= 15 is 0 Å². The van der Waals surface area contributed by atoms with Gasteiger partial charge in [0.15, 0.2) is 0 Å². The third-order valence-corrected chi connectivity index (χ3v) is 5.54. The van der Waals surface area contributed by atoms with Crippen LogP contribution >= 0.6 is 0 Å². The van der Waals surface area contributed by atoms with Crippen molar-refractivity contribution >= 4 is 17.8 Å². The number of carboxylic acid groups (broad SMARTS) is 2. The molecule has 0 bridgehead atoms. The van der Waals surface area contributed by atoms with Gasteiger partial charge in [-0.25, -0.2) is 0 Å². The number of rotatable bonds is 25. The Kier molecular flexibility index (Phi) is 35.3. The Labute approximate surface area is 262 Å². The van der Waals surface area contributed by atoms with Gasteiger partial charge in [0.25, 0.3) is 0 Å². The smallest absolute Gasteiger partial charge is 0.549 e. The van der Waals surface area contributed by atoms with E-state index in [2.05, 4.69) is 24.4 Å². The van der Waals surface area contributed by atoms with Crippen molar-refractivity contribution in [3.63, 3.8) is 0 Å². The molecule has 0 aliphatic rings. The third kappa shape index (κ3) is 32.1. The van der Waals surface area contributed by atoms with Gasteiger partial charge in [0.2, 0.25) is 5.91 Å². The average molecular weight is 529 g/mol. The van der Waals surface area contributed by atoms with E-state index in [9.17, 15) is 24.6 Å². The zero-order chi connectivity index (χ0) is 25.3. The zero-order valence-corrected chi connectivity index (χ0v) is 27.2. The Balaban J connectivity index is -0.00000544. The Bertz CT molecular complexity index is 565. The van der Waals surface area contributed by atoms with Crippen molar-refractivity contribution in [3.05, 3.63) is 12.2 Å². The van der Waals surface area contributed by atoms with Crippen molar-refractivity contribution < 1.29 is 88.4 Å². The standard InChI is InChI=1S/C26H48N2O6.2Na/c1-2-3-4-5-6-7-8-9-10-11-12-13-14-15-16-17-24(29)27-18-19-28(22-25(30)31)20-21-34-23-26(32)33;;/h9-10H,2-8,11-23H2,1H3,(H,27,29)(H,30,31)(H,32,33);;/q;2*+1/p-2/b10-9-;;. The molecule has 0 aliphatic carbocycles. The van der Waals surface area contributed by atoms with Gasteiger partial charge in [-0.1, -0.05) is 70.4 Å². The molecule has 10 heteroatoms. The van der Waals surface area contributed by atoms with Crippen LogP contribution in [0.5, 0.6) is 0 Å². The number of hydrogen-bond acceptors (Lipinski definition) is 7. The van der Waals surface area contributed by atoms with Crippen LogP contribution in [0.4, 0.5) is 0 Å². The van der Waals surface area contributed by atoms with Gasteiger partial charge in [0.1, 0.15) is 0 Å². The van der Waals surface area contributed by atoms with Crippen LogP contribution in [0.25, 0.3) is 0 Å². The number of carbonyl (C=O) groups excluding carboxylic acids is 3. The number of hydrogen-bond donors (Lipinski definition) is 1. The molecule has 0 atom stereocenters. The monoisotopic (exact) mass is 528 g/mol. The second-order valence-corrected chi connectivity index (χ2v) is 8.76. The van der Waals surface area contributed by atoms with Crippen molar-refractivity contribution in [1.82, 2.24) is 10.2 Å². The molecule has 0 spiro atoms. The van der Waals surface area contributed by atoms with E-state index in [-0.39, 0.29) is 84.7 Å². The van der Waals surface area contributed by atoms with Gasteiger partial charge in [-0.15, -0.1) is 0 Å². The van der Waals surface area contributed by atoms with Gasteiger partial charge < -0.3 is 29.9 Å². The largest absolute Gasteiger partial charge is 1.00 e. The van der Waals surface area contributed by atoms with Crippen LogP contribution in [0, 0.1) is 0 Å². The van der Waals surface area contributed by atoms with E-state index in [4.69, 9.17) is 4.74 Å². The molecule has 8 nitrogen and oxygen atoms in total. The molecule has 0 radical (unpaired) electrons.